The molecule has 0 aliphatic carbocycles. The molecule has 4 atom stereocenters. The number of hydrogen-bond donors (Lipinski definition) is 2. The van der Waals surface area contributed by atoms with Gasteiger partial charge in [0.1, 0.15) is 6.04 Å². The van der Waals surface area contributed by atoms with E-state index in [1.807, 2.05) is 60.7 Å². The number of para-hydroxylation sites is 1. The molecule has 2 aliphatic rings. The van der Waals surface area contributed by atoms with Crippen molar-refractivity contribution in [3.05, 3.63) is 78.4 Å². The summed E-state index contributed by atoms with van der Waals surface area (Å²) in [5, 5.41) is 12.7. The minimum absolute atomic E-state index is 0.228. The summed E-state index contributed by atoms with van der Waals surface area (Å²) in [6.07, 6.45) is 2.70. The van der Waals surface area contributed by atoms with Crippen LogP contribution in [0.1, 0.15) is 11.7 Å². The molecule has 2 aromatic rings. The monoisotopic (exact) mass is 363 g/mol. The summed E-state index contributed by atoms with van der Waals surface area (Å²) in [6.45, 7) is 0. The molecule has 2 aliphatic heterocycles. The number of imide groups is 1. The molecule has 0 bridgehead atoms. The maximum absolute atomic E-state index is 12.8. The number of likely N-dealkylation sites (tertiary alicyclic amines) is 1. The second kappa shape index (κ2) is 6.98. The first-order valence-corrected chi connectivity index (χ1v) is 8.90. The molecule has 1 fully saturated rings. The molecule has 0 spiro atoms. The molecule has 6 nitrogen and oxygen atoms in total. The molecule has 2 N–H and O–H groups in total. The molecule has 0 saturated carbocycles. The molecule has 27 heavy (non-hydrogen) atoms. The van der Waals surface area contributed by atoms with Crippen molar-refractivity contribution in [2.45, 2.75) is 18.2 Å². The van der Waals surface area contributed by atoms with Crippen LogP contribution in [0, 0.1) is 5.92 Å². The topological polar surface area (TPSA) is 72.9 Å². The van der Waals surface area contributed by atoms with Gasteiger partial charge in [-0.3, -0.25) is 14.5 Å². The SMILES string of the molecule is CN1C(=O)C2C=CC(C(O)c3ccccc3)N(Nc3ccccc3)C2C1=O. The summed E-state index contributed by atoms with van der Waals surface area (Å²) in [4.78, 5) is 26.4. The number of fused-ring (bicyclic) bond motifs is 1. The Bertz CT molecular complexity index is 869. The van der Waals surface area contributed by atoms with Crippen LogP contribution in [-0.2, 0) is 9.59 Å². The van der Waals surface area contributed by atoms with Gasteiger partial charge in [-0.05, 0) is 17.7 Å². The van der Waals surface area contributed by atoms with E-state index in [4.69, 9.17) is 0 Å². The van der Waals surface area contributed by atoms with Crippen molar-refractivity contribution in [3.63, 3.8) is 0 Å². The molecule has 2 heterocycles. The maximum Gasteiger partial charge on any atom is 0.249 e. The molecule has 1 saturated heterocycles. The number of rotatable bonds is 4. The summed E-state index contributed by atoms with van der Waals surface area (Å²) >= 11 is 0. The third-order valence-corrected chi connectivity index (χ3v) is 5.17. The zero-order valence-electron chi connectivity index (χ0n) is 14.9. The van der Waals surface area contributed by atoms with E-state index in [2.05, 4.69) is 5.43 Å². The van der Waals surface area contributed by atoms with E-state index < -0.39 is 24.1 Å². The number of likely N-dealkylation sites (N-methyl/N-ethyl adjacent to an activating group) is 1. The van der Waals surface area contributed by atoms with E-state index in [0.717, 1.165) is 16.2 Å². The minimum atomic E-state index is -0.853. The third kappa shape index (κ3) is 3.03. The van der Waals surface area contributed by atoms with Gasteiger partial charge in [0.2, 0.25) is 11.8 Å². The summed E-state index contributed by atoms with van der Waals surface area (Å²) < 4.78 is 0. The molecular formula is C21H21N3O3. The summed E-state index contributed by atoms with van der Waals surface area (Å²) in [5.41, 5.74) is 4.78. The Morgan fingerprint density at radius 1 is 0.926 bits per heavy atom. The largest absolute Gasteiger partial charge is 0.386 e. The molecule has 2 aromatic carbocycles. The number of hydrogen-bond acceptors (Lipinski definition) is 5. The van der Waals surface area contributed by atoms with Gasteiger partial charge >= 0.3 is 0 Å². The highest BCUT2D eigenvalue weighted by atomic mass is 16.3. The van der Waals surface area contributed by atoms with Crippen LogP contribution in [0.3, 0.4) is 0 Å². The van der Waals surface area contributed by atoms with Gasteiger partial charge < -0.3 is 10.5 Å². The maximum atomic E-state index is 12.8. The average Bonchev–Trinajstić information content (AvgIpc) is 2.93. The predicted molar refractivity (Wildman–Crippen MR) is 101 cm³/mol. The first-order valence-electron chi connectivity index (χ1n) is 8.90. The van der Waals surface area contributed by atoms with Crippen molar-refractivity contribution in [3.8, 4) is 0 Å². The lowest BCUT2D eigenvalue weighted by Crippen LogP contribution is -2.55. The van der Waals surface area contributed by atoms with E-state index in [9.17, 15) is 14.7 Å². The van der Waals surface area contributed by atoms with Crippen molar-refractivity contribution in [2.75, 3.05) is 12.5 Å². The normalized spacial score (nSPS) is 26.1. The highest BCUT2D eigenvalue weighted by Crippen LogP contribution is 2.35. The Labute approximate surface area is 157 Å². The van der Waals surface area contributed by atoms with Crippen LogP contribution < -0.4 is 5.43 Å². The van der Waals surface area contributed by atoms with Crippen molar-refractivity contribution in [1.82, 2.24) is 9.91 Å². The van der Waals surface area contributed by atoms with E-state index in [1.54, 1.807) is 17.2 Å². The van der Waals surface area contributed by atoms with Crippen molar-refractivity contribution >= 4 is 17.5 Å². The van der Waals surface area contributed by atoms with Crippen LogP contribution in [0.4, 0.5) is 5.69 Å². The molecule has 4 unspecified atom stereocenters. The summed E-state index contributed by atoms with van der Waals surface area (Å²) in [7, 11) is 1.50. The predicted octanol–water partition coefficient (Wildman–Crippen LogP) is 1.97. The molecule has 2 amide bonds. The fourth-order valence-electron chi connectivity index (χ4n) is 3.72. The van der Waals surface area contributed by atoms with Crippen LogP contribution in [0.5, 0.6) is 0 Å². The molecule has 138 valence electrons. The minimum Gasteiger partial charge on any atom is -0.386 e. The molecule has 0 aromatic heterocycles. The molecular weight excluding hydrogens is 342 g/mol. The number of hydrazine groups is 1. The van der Waals surface area contributed by atoms with Crippen LogP contribution in [0.2, 0.25) is 0 Å². The Balaban J connectivity index is 1.73. The smallest absolute Gasteiger partial charge is 0.249 e. The van der Waals surface area contributed by atoms with Crippen molar-refractivity contribution in [2.24, 2.45) is 5.92 Å². The Kier molecular flexibility index (Phi) is 4.51. The highest BCUT2D eigenvalue weighted by molar-refractivity contribution is 6.08. The van der Waals surface area contributed by atoms with Crippen LogP contribution in [-0.4, -0.2) is 46.0 Å². The standard InChI is InChI=1S/C21H21N3O3/c1-23-20(26)16-12-13-17(19(25)14-8-4-2-5-9-14)24(18(16)21(23)27)22-15-10-6-3-7-11-15/h2-13,16-19,22,25H,1H3. The van der Waals surface area contributed by atoms with Crippen LogP contribution in [0.15, 0.2) is 72.8 Å². The first-order chi connectivity index (χ1) is 13.1. The average molecular weight is 363 g/mol. The van der Waals surface area contributed by atoms with Crippen LogP contribution >= 0.6 is 0 Å². The number of nitrogens with zero attached hydrogens (tertiary/aromatic N) is 2. The molecule has 6 heteroatoms. The Morgan fingerprint density at radius 3 is 2.22 bits per heavy atom. The number of carbonyl (C=O) groups is 2. The number of aliphatic hydroxyl groups excluding tert-OH is 1. The van der Waals surface area contributed by atoms with Gasteiger partial charge in [0.25, 0.3) is 0 Å². The second-order valence-electron chi connectivity index (χ2n) is 6.82. The van der Waals surface area contributed by atoms with Gasteiger partial charge in [-0.1, -0.05) is 60.7 Å². The van der Waals surface area contributed by atoms with E-state index >= 15 is 0 Å². The number of carbonyl (C=O) groups excluding carboxylic acids is 2. The quantitative estimate of drug-likeness (QED) is 0.642. The third-order valence-electron chi connectivity index (χ3n) is 5.17. The lowest BCUT2D eigenvalue weighted by atomic mass is 9.90. The fraction of sp³-hybridized carbons (Fsp3) is 0.238. The fourth-order valence-corrected chi connectivity index (χ4v) is 3.72. The number of benzene rings is 2. The van der Waals surface area contributed by atoms with Gasteiger partial charge in [0.05, 0.1) is 18.1 Å². The zero-order valence-corrected chi connectivity index (χ0v) is 14.9. The molecule has 4 rings (SSSR count). The van der Waals surface area contributed by atoms with E-state index in [0.29, 0.717) is 0 Å². The Morgan fingerprint density at radius 2 is 1.56 bits per heavy atom. The molecule has 0 radical (unpaired) electrons. The zero-order chi connectivity index (χ0) is 19.0. The second-order valence-corrected chi connectivity index (χ2v) is 6.82. The number of aliphatic hydroxyl groups is 1. The summed E-state index contributed by atoms with van der Waals surface area (Å²) in [6, 6.07) is 17.5. The van der Waals surface area contributed by atoms with E-state index in [-0.39, 0.29) is 11.8 Å². The van der Waals surface area contributed by atoms with Gasteiger partial charge in [-0.25, -0.2) is 5.01 Å². The Hall–Kier alpha value is -2.96. The number of anilines is 1. The number of amides is 2. The van der Waals surface area contributed by atoms with Gasteiger partial charge in [0.15, 0.2) is 0 Å². The van der Waals surface area contributed by atoms with Crippen molar-refractivity contribution < 1.29 is 14.7 Å². The van der Waals surface area contributed by atoms with Crippen molar-refractivity contribution in [1.29, 1.82) is 0 Å². The summed E-state index contributed by atoms with van der Waals surface area (Å²) in [5.74, 6) is -1.06. The lowest BCUT2D eigenvalue weighted by molar-refractivity contribution is -0.138. The van der Waals surface area contributed by atoms with Gasteiger partial charge in [-0.2, -0.15) is 0 Å². The number of nitrogens with one attached hydrogen (secondary N) is 1. The van der Waals surface area contributed by atoms with E-state index in [1.165, 1.54) is 7.05 Å². The van der Waals surface area contributed by atoms with Crippen LogP contribution in [0.25, 0.3) is 0 Å². The highest BCUT2D eigenvalue weighted by Gasteiger charge is 2.52. The first kappa shape index (κ1) is 17.5. The van der Waals surface area contributed by atoms with Gasteiger partial charge in [-0.15, -0.1) is 0 Å². The lowest BCUT2D eigenvalue weighted by Gasteiger charge is -2.40. The van der Waals surface area contributed by atoms with Gasteiger partial charge in [0, 0.05) is 12.7 Å².